The Bertz CT molecular complexity index is 3580. The predicted octanol–water partition coefficient (Wildman–Crippen LogP) is 16.8. The monoisotopic (exact) mass is 779 g/mol. The van der Waals surface area contributed by atoms with Gasteiger partial charge in [0.2, 0.25) is 0 Å². The van der Waals surface area contributed by atoms with E-state index in [1.54, 1.807) is 0 Å². The summed E-state index contributed by atoms with van der Waals surface area (Å²) in [5, 5.41) is 6.70. The number of fused-ring (bicyclic) bond motifs is 8. The van der Waals surface area contributed by atoms with Crippen molar-refractivity contribution >= 4 is 71.7 Å². The lowest BCUT2D eigenvalue weighted by Crippen LogP contribution is -2.11. The molecule has 61 heavy (non-hydrogen) atoms. The third-order valence-corrected chi connectivity index (χ3v) is 12.1. The van der Waals surface area contributed by atoms with Gasteiger partial charge in [0, 0.05) is 60.6 Å². The van der Waals surface area contributed by atoms with Crippen molar-refractivity contribution in [1.82, 2.24) is 0 Å². The second-order valence-electron chi connectivity index (χ2n) is 15.6. The van der Waals surface area contributed by atoms with Crippen LogP contribution in [0.3, 0.4) is 0 Å². The van der Waals surface area contributed by atoms with Gasteiger partial charge >= 0.3 is 0 Å². The first kappa shape index (κ1) is 34.9. The molecule has 0 radical (unpaired) electrons. The molecule has 0 fully saturated rings. The molecule has 12 rings (SSSR count). The molecular weight excluding hydrogens is 743 g/mol. The summed E-state index contributed by atoms with van der Waals surface area (Å²) in [5.41, 5.74) is 15.5. The maximum Gasteiger partial charge on any atom is 0.143 e. The second-order valence-corrected chi connectivity index (χ2v) is 15.6. The van der Waals surface area contributed by atoms with Crippen LogP contribution in [-0.2, 0) is 0 Å². The molecule has 2 aromatic heterocycles. The Morgan fingerprint density at radius 1 is 0.262 bits per heavy atom. The van der Waals surface area contributed by atoms with Crippen molar-refractivity contribution in [2.24, 2.45) is 0 Å². The molecular formula is C58H37NO2. The minimum Gasteiger partial charge on any atom is -0.455 e. The van der Waals surface area contributed by atoms with E-state index in [9.17, 15) is 0 Å². The van der Waals surface area contributed by atoms with Crippen LogP contribution >= 0.6 is 0 Å². The molecule has 10 aromatic carbocycles. The summed E-state index contributed by atoms with van der Waals surface area (Å²) in [6, 6.07) is 79.7. The molecule has 0 unspecified atom stereocenters. The van der Waals surface area contributed by atoms with Gasteiger partial charge < -0.3 is 13.7 Å². The number of nitrogens with zero attached hydrogens (tertiary/aromatic N) is 1. The van der Waals surface area contributed by atoms with Gasteiger partial charge in [-0.05, 0) is 64.0 Å². The number of furan rings is 2. The lowest BCUT2D eigenvalue weighted by Gasteiger charge is -2.28. The Hall–Kier alpha value is -8.14. The third kappa shape index (κ3) is 5.82. The normalized spacial score (nSPS) is 11.6. The van der Waals surface area contributed by atoms with Crippen molar-refractivity contribution < 1.29 is 8.83 Å². The number of hydrogen-bond donors (Lipinski definition) is 0. The SMILES string of the molecule is c1ccc(-c2ccc(N(c3cccc(-c4cccc5c4oc4c(-c6ccccc6)cccc45)c3)c3ccccc3-c3cccc4c3oc3c5ccccc5ccc43)cc2)cc1. The van der Waals surface area contributed by atoms with E-state index in [0.29, 0.717) is 0 Å². The molecule has 0 atom stereocenters. The molecule has 0 N–H and O–H groups in total. The number of benzene rings is 10. The highest BCUT2D eigenvalue weighted by molar-refractivity contribution is 6.18. The van der Waals surface area contributed by atoms with E-state index in [1.165, 1.54) is 5.56 Å². The third-order valence-electron chi connectivity index (χ3n) is 12.1. The second kappa shape index (κ2) is 14.3. The average Bonchev–Trinajstić information content (AvgIpc) is 3.92. The van der Waals surface area contributed by atoms with E-state index in [-0.39, 0.29) is 0 Å². The molecule has 0 aliphatic heterocycles. The van der Waals surface area contributed by atoms with Crippen LogP contribution in [0.2, 0.25) is 0 Å². The molecule has 2 heterocycles. The van der Waals surface area contributed by atoms with E-state index < -0.39 is 0 Å². The van der Waals surface area contributed by atoms with Gasteiger partial charge in [-0.3, -0.25) is 0 Å². The Balaban J connectivity index is 1.05. The molecule has 0 spiro atoms. The zero-order chi connectivity index (χ0) is 40.3. The van der Waals surface area contributed by atoms with E-state index in [2.05, 4.69) is 223 Å². The summed E-state index contributed by atoms with van der Waals surface area (Å²) >= 11 is 0. The molecule has 0 bridgehead atoms. The van der Waals surface area contributed by atoms with Crippen LogP contribution in [-0.4, -0.2) is 0 Å². The highest BCUT2D eigenvalue weighted by Crippen LogP contribution is 2.47. The van der Waals surface area contributed by atoms with Crippen LogP contribution in [0.15, 0.2) is 233 Å². The van der Waals surface area contributed by atoms with E-state index in [0.717, 1.165) is 111 Å². The van der Waals surface area contributed by atoms with Crippen LogP contribution in [0.25, 0.3) is 99.2 Å². The standard InChI is InChI=1S/C58H37NO2/c1-3-15-38(16-4-1)39-31-34-43(35-32-39)59(54-30-10-9-23-48(54)49-26-14-29-52-53-36-33-41-19-7-8-22-45(41)56(53)61-58(49)52)44-21-11-20-42(37-44)47-25-13-28-51-50-27-12-24-46(55(50)60-57(47)51)40-17-5-2-6-18-40/h1-37H. The van der Waals surface area contributed by atoms with E-state index >= 15 is 0 Å². The number of hydrogen-bond acceptors (Lipinski definition) is 3. The predicted molar refractivity (Wildman–Crippen MR) is 255 cm³/mol. The summed E-state index contributed by atoms with van der Waals surface area (Å²) in [6.07, 6.45) is 0. The van der Waals surface area contributed by atoms with Gasteiger partial charge in [0.05, 0.1) is 5.69 Å². The van der Waals surface area contributed by atoms with Crippen LogP contribution < -0.4 is 4.90 Å². The van der Waals surface area contributed by atoms with Gasteiger partial charge in [0.15, 0.2) is 0 Å². The van der Waals surface area contributed by atoms with Crippen molar-refractivity contribution in [2.75, 3.05) is 4.90 Å². The van der Waals surface area contributed by atoms with E-state index in [4.69, 9.17) is 8.83 Å². The Morgan fingerprint density at radius 3 is 1.49 bits per heavy atom. The fraction of sp³-hybridized carbons (Fsp3) is 0. The molecule has 0 aliphatic carbocycles. The van der Waals surface area contributed by atoms with Crippen molar-refractivity contribution in [3.8, 4) is 44.5 Å². The maximum atomic E-state index is 6.91. The molecule has 0 saturated carbocycles. The Morgan fingerprint density at radius 2 is 0.754 bits per heavy atom. The Kier molecular flexibility index (Phi) is 8.17. The maximum absolute atomic E-state index is 6.91. The van der Waals surface area contributed by atoms with Gasteiger partial charge in [0.25, 0.3) is 0 Å². The van der Waals surface area contributed by atoms with Crippen LogP contribution in [0.4, 0.5) is 17.1 Å². The molecule has 0 saturated heterocycles. The minimum atomic E-state index is 0.876. The number of anilines is 3. The molecule has 0 amide bonds. The first-order valence-electron chi connectivity index (χ1n) is 20.7. The highest BCUT2D eigenvalue weighted by atomic mass is 16.3. The summed E-state index contributed by atoms with van der Waals surface area (Å²) in [7, 11) is 0. The molecule has 0 aliphatic rings. The van der Waals surface area contributed by atoms with Gasteiger partial charge in [-0.2, -0.15) is 0 Å². The van der Waals surface area contributed by atoms with Gasteiger partial charge in [-0.1, -0.05) is 188 Å². The summed E-state index contributed by atoms with van der Waals surface area (Å²) < 4.78 is 13.8. The lowest BCUT2D eigenvalue weighted by molar-refractivity contribution is 0.671. The molecule has 3 heteroatoms. The van der Waals surface area contributed by atoms with Crippen molar-refractivity contribution in [3.63, 3.8) is 0 Å². The first-order chi connectivity index (χ1) is 30.3. The van der Waals surface area contributed by atoms with Gasteiger partial charge in [-0.25, -0.2) is 0 Å². The fourth-order valence-electron chi connectivity index (χ4n) is 9.20. The first-order valence-corrected chi connectivity index (χ1v) is 20.7. The van der Waals surface area contributed by atoms with Crippen molar-refractivity contribution in [1.29, 1.82) is 0 Å². The minimum absolute atomic E-state index is 0.876. The topological polar surface area (TPSA) is 29.5 Å². The number of para-hydroxylation sites is 4. The zero-order valence-electron chi connectivity index (χ0n) is 33.1. The fourth-order valence-corrected chi connectivity index (χ4v) is 9.20. The van der Waals surface area contributed by atoms with Gasteiger partial charge in [-0.15, -0.1) is 0 Å². The van der Waals surface area contributed by atoms with Crippen LogP contribution in [0.1, 0.15) is 0 Å². The van der Waals surface area contributed by atoms with Crippen molar-refractivity contribution in [3.05, 3.63) is 224 Å². The Labute approximate surface area is 353 Å². The molecule has 286 valence electrons. The summed E-state index contributed by atoms with van der Waals surface area (Å²) in [5.74, 6) is 0. The van der Waals surface area contributed by atoms with Crippen LogP contribution in [0, 0.1) is 0 Å². The largest absolute Gasteiger partial charge is 0.455 e. The highest BCUT2D eigenvalue weighted by Gasteiger charge is 2.22. The summed E-state index contributed by atoms with van der Waals surface area (Å²) in [6.45, 7) is 0. The van der Waals surface area contributed by atoms with Gasteiger partial charge in [0.1, 0.15) is 22.3 Å². The lowest BCUT2D eigenvalue weighted by atomic mass is 9.97. The van der Waals surface area contributed by atoms with Crippen molar-refractivity contribution in [2.45, 2.75) is 0 Å². The summed E-state index contributed by atoms with van der Waals surface area (Å²) in [4.78, 5) is 2.37. The molecule has 3 nitrogen and oxygen atoms in total. The smallest absolute Gasteiger partial charge is 0.143 e. The molecule has 12 aromatic rings. The van der Waals surface area contributed by atoms with Crippen LogP contribution in [0.5, 0.6) is 0 Å². The quantitative estimate of drug-likeness (QED) is 0.161. The van der Waals surface area contributed by atoms with E-state index in [1.807, 2.05) is 6.07 Å². The average molecular weight is 780 g/mol. The number of rotatable bonds is 7. The zero-order valence-corrected chi connectivity index (χ0v) is 33.1.